The molecule has 37 heavy (non-hydrogen) atoms. The molecule has 190 valence electrons. The highest BCUT2D eigenvalue weighted by atomic mass is 35.5. The fourth-order valence-corrected chi connectivity index (χ4v) is 7.05. The summed E-state index contributed by atoms with van der Waals surface area (Å²) in [5.41, 5.74) is 3.45. The van der Waals surface area contributed by atoms with Crippen molar-refractivity contribution in [3.63, 3.8) is 0 Å². The number of aromatic nitrogens is 1. The number of carbonyl (C=O) groups excluding carboxylic acids is 2. The number of thioether (sulfide) groups is 1. The number of amides is 2. The smallest absolute Gasteiger partial charge is 0.237 e. The third-order valence-electron chi connectivity index (χ3n) is 7.52. The van der Waals surface area contributed by atoms with Gasteiger partial charge in [-0.3, -0.25) is 9.59 Å². The van der Waals surface area contributed by atoms with E-state index in [-0.39, 0.29) is 22.6 Å². The minimum atomic E-state index is -0.290. The molecule has 2 aliphatic heterocycles. The first-order valence-electron chi connectivity index (χ1n) is 12.6. The average molecular weight is 534 g/mol. The van der Waals surface area contributed by atoms with E-state index < -0.39 is 0 Å². The summed E-state index contributed by atoms with van der Waals surface area (Å²) in [5, 5.41) is 1.14. The maximum Gasteiger partial charge on any atom is 0.237 e. The lowest BCUT2D eigenvalue weighted by atomic mass is 10.0. The van der Waals surface area contributed by atoms with E-state index in [4.69, 9.17) is 16.0 Å². The Morgan fingerprint density at radius 1 is 0.973 bits per heavy atom. The van der Waals surface area contributed by atoms with Crippen molar-refractivity contribution in [2.75, 3.05) is 24.7 Å². The molecule has 2 amide bonds. The summed E-state index contributed by atoms with van der Waals surface area (Å²) < 4.78 is 8.59. The molecule has 2 aromatic heterocycles. The van der Waals surface area contributed by atoms with Gasteiger partial charge in [0.1, 0.15) is 17.4 Å². The second-order valence-electron chi connectivity index (χ2n) is 9.66. The lowest BCUT2D eigenvalue weighted by molar-refractivity contribution is -0.134. The molecule has 0 unspecified atom stereocenters. The number of fused-ring (bicyclic) bond motifs is 1. The maximum absolute atomic E-state index is 12.9. The normalized spacial score (nSPS) is 17.3. The Morgan fingerprint density at radius 2 is 1.78 bits per heavy atom. The number of likely N-dealkylation sites (tertiary alicyclic amines) is 1. The van der Waals surface area contributed by atoms with Gasteiger partial charge >= 0.3 is 0 Å². The van der Waals surface area contributed by atoms with Crippen molar-refractivity contribution in [1.82, 2.24) is 14.4 Å². The Balaban J connectivity index is 1.22. The molecule has 0 aliphatic carbocycles. The number of hydrogen-bond acceptors (Lipinski definition) is 4. The predicted molar refractivity (Wildman–Crippen MR) is 147 cm³/mol. The first kappa shape index (κ1) is 24.2. The van der Waals surface area contributed by atoms with Gasteiger partial charge in [0.2, 0.25) is 11.8 Å². The number of carbonyl (C=O) groups is 2. The van der Waals surface area contributed by atoms with Crippen LogP contribution in [-0.2, 0) is 22.7 Å². The highest BCUT2D eigenvalue weighted by molar-refractivity contribution is 8.01. The Bertz CT molecular complexity index is 1440. The molecule has 2 aromatic carbocycles. The van der Waals surface area contributed by atoms with Crippen molar-refractivity contribution in [2.45, 2.75) is 30.8 Å². The van der Waals surface area contributed by atoms with E-state index in [1.807, 2.05) is 23.1 Å². The second-order valence-corrected chi connectivity index (χ2v) is 11.3. The maximum atomic E-state index is 12.9. The minimum Gasteiger partial charge on any atom is -0.459 e. The highest BCUT2D eigenvalue weighted by Gasteiger charge is 2.48. The fraction of sp³-hybridized carbons (Fsp3) is 0.310. The van der Waals surface area contributed by atoms with Gasteiger partial charge < -0.3 is 18.8 Å². The zero-order valence-electron chi connectivity index (χ0n) is 20.4. The van der Waals surface area contributed by atoms with E-state index in [2.05, 4.69) is 59.3 Å². The van der Waals surface area contributed by atoms with Crippen molar-refractivity contribution >= 4 is 46.1 Å². The summed E-state index contributed by atoms with van der Waals surface area (Å²) >= 11 is 7.44. The zero-order chi connectivity index (χ0) is 25.4. The first-order chi connectivity index (χ1) is 18.1. The molecule has 4 aromatic rings. The average Bonchev–Trinajstić information content (AvgIpc) is 3.65. The summed E-state index contributed by atoms with van der Waals surface area (Å²) in [7, 11) is 0. The van der Waals surface area contributed by atoms with Gasteiger partial charge in [0.15, 0.2) is 0 Å². The topological polar surface area (TPSA) is 58.7 Å². The quantitative estimate of drug-likeness (QED) is 0.303. The summed E-state index contributed by atoms with van der Waals surface area (Å²) in [6.07, 6.45) is 3.61. The molecule has 4 heterocycles. The van der Waals surface area contributed by atoms with Gasteiger partial charge in [0.05, 0.1) is 17.2 Å². The Morgan fingerprint density at radius 3 is 2.57 bits per heavy atom. The number of alkyl halides is 1. The van der Waals surface area contributed by atoms with Gasteiger partial charge in [-0.1, -0.05) is 42.5 Å². The van der Waals surface area contributed by atoms with Gasteiger partial charge in [-0.15, -0.1) is 23.4 Å². The van der Waals surface area contributed by atoms with Gasteiger partial charge in [-0.05, 0) is 42.7 Å². The summed E-state index contributed by atoms with van der Waals surface area (Å²) in [4.78, 5) is 28.4. The SMILES string of the molecule is O=C(CCl)N1CCC2(CC1)SCC(=O)N2Cc1ccc(-c2cccc3c2ccn3Cc2ccccc2)o1. The van der Waals surface area contributed by atoms with Crippen LogP contribution >= 0.6 is 23.4 Å². The zero-order valence-corrected chi connectivity index (χ0v) is 22.0. The lowest BCUT2D eigenvalue weighted by Gasteiger charge is -2.43. The fourth-order valence-electron chi connectivity index (χ4n) is 5.54. The second kappa shape index (κ2) is 9.95. The molecular formula is C29H28ClN3O3S. The van der Waals surface area contributed by atoms with Crippen LogP contribution in [0.15, 0.2) is 77.3 Å². The number of nitrogens with zero attached hydrogens (tertiary/aromatic N) is 3. The van der Waals surface area contributed by atoms with Crippen LogP contribution in [0.1, 0.15) is 24.2 Å². The van der Waals surface area contributed by atoms with Crippen LogP contribution in [0, 0.1) is 0 Å². The monoisotopic (exact) mass is 533 g/mol. The Kier molecular flexibility index (Phi) is 6.51. The molecule has 2 aliphatic rings. The number of halogens is 1. The minimum absolute atomic E-state index is 0.000349. The number of rotatable bonds is 6. The number of piperidine rings is 1. The number of benzene rings is 2. The van der Waals surface area contributed by atoms with Crippen LogP contribution in [0.5, 0.6) is 0 Å². The molecule has 2 saturated heterocycles. The molecule has 2 fully saturated rings. The molecule has 8 heteroatoms. The van der Waals surface area contributed by atoms with Crippen molar-refractivity contribution in [1.29, 1.82) is 0 Å². The van der Waals surface area contributed by atoms with Gasteiger partial charge in [0, 0.05) is 42.3 Å². The van der Waals surface area contributed by atoms with E-state index >= 15 is 0 Å². The standard InChI is InChI=1S/C29H28ClN3O3S/c30-17-27(34)31-15-12-29(13-16-31)33(28(35)20-37-29)19-22-9-10-26(36-22)24-7-4-8-25-23(24)11-14-32(25)18-21-5-2-1-3-6-21/h1-11,14H,12-13,15-20H2. The molecule has 0 radical (unpaired) electrons. The van der Waals surface area contributed by atoms with Crippen molar-refractivity contribution in [3.05, 3.63) is 84.3 Å². The van der Waals surface area contributed by atoms with E-state index in [1.165, 1.54) is 5.56 Å². The summed E-state index contributed by atoms with van der Waals surface area (Å²) in [6, 6.07) is 22.8. The Hall–Kier alpha value is -3.16. The summed E-state index contributed by atoms with van der Waals surface area (Å²) in [6.45, 7) is 2.48. The lowest BCUT2D eigenvalue weighted by Crippen LogP contribution is -2.52. The molecule has 1 spiro atoms. The van der Waals surface area contributed by atoms with Gasteiger partial charge in [-0.25, -0.2) is 0 Å². The van der Waals surface area contributed by atoms with E-state index in [0.717, 1.165) is 47.4 Å². The molecule has 0 bridgehead atoms. The van der Waals surface area contributed by atoms with Gasteiger partial charge in [-0.2, -0.15) is 0 Å². The third kappa shape index (κ3) is 4.55. The van der Waals surface area contributed by atoms with Crippen LogP contribution < -0.4 is 0 Å². The highest BCUT2D eigenvalue weighted by Crippen LogP contribution is 2.45. The predicted octanol–water partition coefficient (Wildman–Crippen LogP) is 5.58. The van der Waals surface area contributed by atoms with Crippen molar-refractivity contribution in [2.24, 2.45) is 0 Å². The van der Waals surface area contributed by atoms with Crippen molar-refractivity contribution in [3.8, 4) is 11.3 Å². The molecule has 0 N–H and O–H groups in total. The van der Waals surface area contributed by atoms with Crippen LogP contribution in [0.3, 0.4) is 0 Å². The first-order valence-corrected chi connectivity index (χ1v) is 14.1. The molecule has 0 atom stereocenters. The van der Waals surface area contributed by atoms with Crippen molar-refractivity contribution < 1.29 is 14.0 Å². The molecule has 0 saturated carbocycles. The number of furan rings is 1. The largest absolute Gasteiger partial charge is 0.459 e. The van der Waals surface area contributed by atoms with Crippen LogP contribution in [-0.4, -0.2) is 55.8 Å². The van der Waals surface area contributed by atoms with Crippen LogP contribution in [0.4, 0.5) is 0 Å². The van der Waals surface area contributed by atoms with Crippen LogP contribution in [0.2, 0.25) is 0 Å². The molecule has 6 nitrogen and oxygen atoms in total. The van der Waals surface area contributed by atoms with E-state index in [9.17, 15) is 9.59 Å². The Labute approximate surface area is 225 Å². The molecule has 6 rings (SSSR count). The number of hydrogen-bond donors (Lipinski definition) is 0. The summed E-state index contributed by atoms with van der Waals surface area (Å²) in [5.74, 6) is 2.12. The van der Waals surface area contributed by atoms with Gasteiger partial charge in [0.25, 0.3) is 0 Å². The third-order valence-corrected chi connectivity index (χ3v) is 9.31. The van der Waals surface area contributed by atoms with Crippen LogP contribution in [0.25, 0.3) is 22.2 Å². The van der Waals surface area contributed by atoms with E-state index in [1.54, 1.807) is 16.7 Å². The van der Waals surface area contributed by atoms with E-state index in [0.29, 0.717) is 25.4 Å². The molecular weight excluding hydrogens is 506 g/mol.